The van der Waals surface area contributed by atoms with E-state index in [0.717, 1.165) is 31.4 Å². The molecule has 3 N–H and O–H groups in total. The van der Waals surface area contributed by atoms with Gasteiger partial charge in [-0.2, -0.15) is 0 Å². The van der Waals surface area contributed by atoms with Crippen molar-refractivity contribution in [1.82, 2.24) is 4.98 Å². The number of benzene rings is 1. The standard InChI is InChI=1S/C16H20N3/c1-2-3-4-8-13-9-5-6-11-15(13)19-16-14(17)10-7-12-18-16/h5-7,9-12H,1-4,8,17H2,(H,18,19). The van der Waals surface area contributed by atoms with Gasteiger partial charge in [-0.25, -0.2) is 4.98 Å². The Balaban J connectivity index is 2.13. The quantitative estimate of drug-likeness (QED) is 0.767. The normalized spacial score (nSPS) is 10.4. The molecular formula is C16H20N3. The molecule has 0 fully saturated rings. The Kier molecular flexibility index (Phi) is 4.78. The summed E-state index contributed by atoms with van der Waals surface area (Å²) in [6.45, 7) is 3.88. The maximum atomic E-state index is 5.91. The number of nitrogens with zero attached hydrogens (tertiary/aromatic N) is 1. The van der Waals surface area contributed by atoms with Gasteiger partial charge in [-0.1, -0.05) is 38.0 Å². The summed E-state index contributed by atoms with van der Waals surface area (Å²) in [5, 5.41) is 3.32. The van der Waals surface area contributed by atoms with Crippen LogP contribution in [0.15, 0.2) is 42.6 Å². The summed E-state index contributed by atoms with van der Waals surface area (Å²) >= 11 is 0. The van der Waals surface area contributed by atoms with E-state index in [0.29, 0.717) is 11.5 Å². The third-order valence-corrected chi connectivity index (χ3v) is 3.06. The summed E-state index contributed by atoms with van der Waals surface area (Å²) in [7, 11) is 0. The molecule has 3 heteroatoms. The van der Waals surface area contributed by atoms with Crippen molar-refractivity contribution in [3.63, 3.8) is 0 Å². The molecule has 0 saturated carbocycles. The fourth-order valence-corrected chi connectivity index (χ4v) is 2.00. The largest absolute Gasteiger partial charge is 0.396 e. The van der Waals surface area contributed by atoms with Gasteiger partial charge in [-0.15, -0.1) is 0 Å². The Morgan fingerprint density at radius 3 is 2.74 bits per heavy atom. The molecule has 1 aromatic carbocycles. The number of unbranched alkanes of at least 4 members (excludes halogenated alkanes) is 2. The van der Waals surface area contributed by atoms with E-state index in [1.807, 2.05) is 18.2 Å². The van der Waals surface area contributed by atoms with Crippen molar-refractivity contribution >= 4 is 17.2 Å². The van der Waals surface area contributed by atoms with Crippen molar-refractivity contribution in [2.45, 2.75) is 25.7 Å². The van der Waals surface area contributed by atoms with Gasteiger partial charge in [0.05, 0.1) is 5.69 Å². The predicted molar refractivity (Wildman–Crippen MR) is 81.3 cm³/mol. The lowest BCUT2D eigenvalue weighted by atomic mass is 10.1. The fourth-order valence-electron chi connectivity index (χ4n) is 2.00. The molecule has 1 radical (unpaired) electrons. The number of anilines is 3. The van der Waals surface area contributed by atoms with Crippen molar-refractivity contribution in [2.24, 2.45) is 0 Å². The number of rotatable bonds is 6. The lowest BCUT2D eigenvalue weighted by Gasteiger charge is -2.12. The van der Waals surface area contributed by atoms with Crippen LogP contribution >= 0.6 is 0 Å². The molecular weight excluding hydrogens is 234 g/mol. The molecule has 0 spiro atoms. The number of aryl methyl sites for hydroxylation is 1. The zero-order valence-corrected chi connectivity index (χ0v) is 11.1. The molecule has 99 valence electrons. The van der Waals surface area contributed by atoms with Gasteiger partial charge < -0.3 is 11.1 Å². The highest BCUT2D eigenvalue weighted by Crippen LogP contribution is 2.24. The number of aromatic nitrogens is 1. The van der Waals surface area contributed by atoms with Gasteiger partial charge in [0.25, 0.3) is 0 Å². The SMILES string of the molecule is [CH2]CCCCc1ccccc1Nc1ncccc1N. The van der Waals surface area contributed by atoms with Crippen LogP contribution in [-0.4, -0.2) is 4.98 Å². The van der Waals surface area contributed by atoms with E-state index < -0.39 is 0 Å². The van der Waals surface area contributed by atoms with Crippen molar-refractivity contribution in [3.05, 3.63) is 55.1 Å². The van der Waals surface area contributed by atoms with Crippen molar-refractivity contribution in [1.29, 1.82) is 0 Å². The fraction of sp³-hybridized carbons (Fsp3) is 0.250. The van der Waals surface area contributed by atoms with Crippen LogP contribution in [0.4, 0.5) is 17.2 Å². The molecule has 0 unspecified atom stereocenters. The molecule has 1 aromatic heterocycles. The highest BCUT2D eigenvalue weighted by Gasteiger charge is 2.04. The smallest absolute Gasteiger partial charge is 0.153 e. The summed E-state index contributed by atoms with van der Waals surface area (Å²) < 4.78 is 0. The average Bonchev–Trinajstić information content (AvgIpc) is 2.43. The van der Waals surface area contributed by atoms with Crippen molar-refractivity contribution in [2.75, 3.05) is 11.1 Å². The van der Waals surface area contributed by atoms with Gasteiger partial charge in [-0.3, -0.25) is 0 Å². The molecule has 0 amide bonds. The summed E-state index contributed by atoms with van der Waals surface area (Å²) in [4.78, 5) is 4.27. The lowest BCUT2D eigenvalue weighted by molar-refractivity contribution is 0.747. The Morgan fingerprint density at radius 2 is 1.95 bits per heavy atom. The van der Waals surface area contributed by atoms with E-state index >= 15 is 0 Å². The first kappa shape index (κ1) is 13.4. The van der Waals surface area contributed by atoms with Crippen molar-refractivity contribution < 1.29 is 0 Å². The molecule has 0 atom stereocenters. The number of nitrogens with two attached hydrogens (primary N) is 1. The molecule has 1 heterocycles. The van der Waals surface area contributed by atoms with Crippen LogP contribution in [0.1, 0.15) is 24.8 Å². The van der Waals surface area contributed by atoms with Gasteiger partial charge in [0.15, 0.2) is 5.82 Å². The van der Waals surface area contributed by atoms with Crippen LogP contribution < -0.4 is 11.1 Å². The molecule has 0 saturated heterocycles. The maximum absolute atomic E-state index is 5.91. The van der Waals surface area contributed by atoms with E-state index in [-0.39, 0.29) is 0 Å². The van der Waals surface area contributed by atoms with E-state index in [1.54, 1.807) is 6.20 Å². The molecule has 19 heavy (non-hydrogen) atoms. The Labute approximate surface area is 114 Å². The average molecular weight is 254 g/mol. The topological polar surface area (TPSA) is 50.9 Å². The van der Waals surface area contributed by atoms with E-state index in [9.17, 15) is 0 Å². The molecule has 3 nitrogen and oxygen atoms in total. The molecule has 0 bridgehead atoms. The second kappa shape index (κ2) is 6.78. The summed E-state index contributed by atoms with van der Waals surface area (Å²) in [6, 6.07) is 12.0. The van der Waals surface area contributed by atoms with Crippen LogP contribution in [0.3, 0.4) is 0 Å². The Bertz CT molecular complexity index is 523. The van der Waals surface area contributed by atoms with Gasteiger partial charge in [0.1, 0.15) is 0 Å². The number of hydrogen-bond acceptors (Lipinski definition) is 3. The number of para-hydroxylation sites is 1. The predicted octanol–water partition coefficient (Wildman–Crippen LogP) is 3.95. The second-order valence-corrected chi connectivity index (χ2v) is 4.53. The summed E-state index contributed by atoms with van der Waals surface area (Å²) in [5.41, 5.74) is 8.94. The van der Waals surface area contributed by atoms with Crippen LogP contribution in [0, 0.1) is 6.92 Å². The van der Waals surface area contributed by atoms with E-state index in [4.69, 9.17) is 5.73 Å². The minimum Gasteiger partial charge on any atom is -0.396 e. The van der Waals surface area contributed by atoms with E-state index in [1.165, 1.54) is 5.56 Å². The third-order valence-electron chi connectivity index (χ3n) is 3.06. The Morgan fingerprint density at radius 1 is 1.11 bits per heavy atom. The zero-order valence-electron chi connectivity index (χ0n) is 11.1. The second-order valence-electron chi connectivity index (χ2n) is 4.53. The van der Waals surface area contributed by atoms with Crippen LogP contribution in [0.5, 0.6) is 0 Å². The lowest BCUT2D eigenvalue weighted by Crippen LogP contribution is -2.01. The number of nitrogen functional groups attached to an aromatic ring is 1. The molecule has 2 rings (SSSR count). The Hall–Kier alpha value is -2.03. The van der Waals surface area contributed by atoms with Crippen LogP contribution in [0.2, 0.25) is 0 Å². The zero-order chi connectivity index (χ0) is 13.5. The monoisotopic (exact) mass is 254 g/mol. The first-order valence-corrected chi connectivity index (χ1v) is 6.66. The minimum absolute atomic E-state index is 0.662. The molecule has 0 aliphatic carbocycles. The first-order chi connectivity index (χ1) is 9.31. The highest BCUT2D eigenvalue weighted by atomic mass is 15.0. The molecule has 0 aliphatic rings. The van der Waals surface area contributed by atoms with Crippen LogP contribution in [-0.2, 0) is 6.42 Å². The highest BCUT2D eigenvalue weighted by molar-refractivity contribution is 5.70. The van der Waals surface area contributed by atoms with Gasteiger partial charge in [0.2, 0.25) is 0 Å². The summed E-state index contributed by atoms with van der Waals surface area (Å²) in [6.07, 6.45) is 6.08. The molecule has 2 aromatic rings. The summed E-state index contributed by atoms with van der Waals surface area (Å²) in [5.74, 6) is 0.715. The van der Waals surface area contributed by atoms with E-state index in [2.05, 4.69) is 35.4 Å². The molecule has 0 aliphatic heterocycles. The number of nitrogens with one attached hydrogen (secondary N) is 1. The van der Waals surface area contributed by atoms with Gasteiger partial charge >= 0.3 is 0 Å². The number of hydrogen-bond donors (Lipinski definition) is 2. The maximum Gasteiger partial charge on any atom is 0.153 e. The third kappa shape index (κ3) is 3.71. The van der Waals surface area contributed by atoms with Crippen LogP contribution in [0.25, 0.3) is 0 Å². The minimum atomic E-state index is 0.662. The first-order valence-electron chi connectivity index (χ1n) is 6.66. The van der Waals surface area contributed by atoms with Crippen molar-refractivity contribution in [3.8, 4) is 0 Å². The number of pyridine rings is 1. The van der Waals surface area contributed by atoms with Gasteiger partial charge in [-0.05, 0) is 36.6 Å². The van der Waals surface area contributed by atoms with Gasteiger partial charge in [0, 0.05) is 11.9 Å².